The van der Waals surface area contributed by atoms with E-state index in [2.05, 4.69) is 10.5 Å². The first-order chi connectivity index (χ1) is 2.56. The zero-order chi connectivity index (χ0) is 5.21. The molecule has 7 heavy (non-hydrogen) atoms. The fourth-order valence-corrected chi connectivity index (χ4v) is 0. The van der Waals surface area contributed by atoms with E-state index in [1.165, 1.54) is 0 Å². The first-order valence-electron chi connectivity index (χ1n) is 1.00. The SMILES string of the molecule is N.NOP(=O)(O)O. The van der Waals surface area contributed by atoms with Crippen molar-refractivity contribution < 1.29 is 19.0 Å². The van der Waals surface area contributed by atoms with E-state index in [4.69, 9.17) is 9.79 Å². The van der Waals surface area contributed by atoms with Crippen LogP contribution in [0.2, 0.25) is 0 Å². The molecule has 0 aliphatic rings. The minimum atomic E-state index is -4.37. The molecule has 0 saturated heterocycles. The van der Waals surface area contributed by atoms with Crippen molar-refractivity contribution in [1.82, 2.24) is 6.15 Å². The Morgan fingerprint density at radius 3 is 1.71 bits per heavy atom. The molecule has 0 fully saturated rings. The lowest BCUT2D eigenvalue weighted by Gasteiger charge is -1.92. The molecule has 0 aromatic rings. The second-order valence-corrected chi connectivity index (χ2v) is 1.79. The minimum Gasteiger partial charge on any atom is -0.344 e. The predicted octanol–water partition coefficient (Wildman–Crippen LogP) is -0.869. The summed E-state index contributed by atoms with van der Waals surface area (Å²) in [5, 5.41) is 0. The van der Waals surface area contributed by atoms with Crippen molar-refractivity contribution in [3.05, 3.63) is 0 Å². The molecule has 46 valence electrons. The fraction of sp³-hybridized carbons (Fsp3) is 0. The number of nitrogens with two attached hydrogens (primary N) is 1. The summed E-state index contributed by atoms with van der Waals surface area (Å²) in [4.78, 5) is 15.2. The quantitative estimate of drug-likeness (QED) is 0.270. The second kappa shape index (κ2) is 3.09. The third-order valence-electron chi connectivity index (χ3n) is 0.137. The molecular formula is H7N2O4P. The maximum Gasteiger partial charge on any atom is 0.485 e. The summed E-state index contributed by atoms with van der Waals surface area (Å²) in [6, 6.07) is 0. The Kier molecular flexibility index (Phi) is 4.46. The van der Waals surface area contributed by atoms with Gasteiger partial charge in [-0.3, -0.25) is 0 Å². The van der Waals surface area contributed by atoms with E-state index in [9.17, 15) is 4.57 Å². The average Bonchev–Trinajstić information content (AvgIpc) is 1.35. The molecule has 0 amide bonds. The molecule has 0 unspecified atom stereocenters. The van der Waals surface area contributed by atoms with Gasteiger partial charge in [0, 0.05) is 0 Å². The molecule has 0 heterocycles. The molecule has 0 atom stereocenters. The van der Waals surface area contributed by atoms with E-state index in [1.807, 2.05) is 0 Å². The van der Waals surface area contributed by atoms with E-state index in [0.717, 1.165) is 0 Å². The third kappa shape index (κ3) is 10.7. The highest BCUT2D eigenvalue weighted by Gasteiger charge is 2.08. The molecule has 6 nitrogen and oxygen atoms in total. The van der Waals surface area contributed by atoms with Gasteiger partial charge in [0.05, 0.1) is 0 Å². The molecule has 0 radical (unpaired) electrons. The van der Waals surface area contributed by atoms with Gasteiger partial charge in [-0.2, -0.15) is 0 Å². The molecule has 0 bridgehead atoms. The summed E-state index contributed by atoms with van der Waals surface area (Å²) in [6.45, 7) is 0. The van der Waals surface area contributed by atoms with Gasteiger partial charge in [-0.25, -0.2) is 15.1 Å². The molecule has 0 aromatic heterocycles. The summed E-state index contributed by atoms with van der Waals surface area (Å²) < 4.78 is 12.5. The monoisotopic (exact) mass is 130 g/mol. The van der Waals surface area contributed by atoms with E-state index < -0.39 is 7.82 Å². The van der Waals surface area contributed by atoms with Crippen LogP contribution in [0.1, 0.15) is 0 Å². The molecule has 0 aliphatic carbocycles. The van der Waals surface area contributed by atoms with Crippen molar-refractivity contribution in [1.29, 1.82) is 0 Å². The lowest BCUT2D eigenvalue weighted by atomic mass is 13.6. The van der Waals surface area contributed by atoms with Gasteiger partial charge in [0.2, 0.25) is 0 Å². The van der Waals surface area contributed by atoms with Crippen LogP contribution in [0.15, 0.2) is 0 Å². The van der Waals surface area contributed by atoms with Gasteiger partial charge in [-0.15, -0.1) is 0 Å². The molecule has 0 rings (SSSR count). The van der Waals surface area contributed by atoms with Gasteiger partial charge in [0.25, 0.3) is 0 Å². The summed E-state index contributed by atoms with van der Waals surface area (Å²) in [7, 11) is -4.37. The Labute approximate surface area is 40.1 Å². The average molecular weight is 130 g/mol. The van der Waals surface area contributed by atoms with Crippen LogP contribution >= 0.6 is 7.82 Å². The van der Waals surface area contributed by atoms with Crippen molar-refractivity contribution in [2.45, 2.75) is 0 Å². The molecule has 0 aromatic carbocycles. The van der Waals surface area contributed by atoms with Crippen LogP contribution in [0.5, 0.6) is 0 Å². The van der Waals surface area contributed by atoms with Crippen molar-refractivity contribution in [3.63, 3.8) is 0 Å². The van der Waals surface area contributed by atoms with Crippen LogP contribution in [-0.2, 0) is 9.19 Å². The number of hydrogen-bond donors (Lipinski definition) is 4. The zero-order valence-corrected chi connectivity index (χ0v) is 4.34. The topological polar surface area (TPSA) is 128 Å². The van der Waals surface area contributed by atoms with Gasteiger partial charge in [-0.05, 0) is 0 Å². The van der Waals surface area contributed by atoms with Crippen LogP contribution in [0.4, 0.5) is 0 Å². The van der Waals surface area contributed by atoms with E-state index in [1.54, 1.807) is 0 Å². The first-order valence-corrected chi connectivity index (χ1v) is 2.53. The molecule has 7 heteroatoms. The Morgan fingerprint density at radius 2 is 1.71 bits per heavy atom. The van der Waals surface area contributed by atoms with Crippen molar-refractivity contribution >= 4 is 7.82 Å². The minimum absolute atomic E-state index is 0. The summed E-state index contributed by atoms with van der Waals surface area (Å²) in [6.07, 6.45) is 0. The van der Waals surface area contributed by atoms with Crippen LogP contribution < -0.4 is 12.0 Å². The highest BCUT2D eigenvalue weighted by Crippen LogP contribution is 2.32. The maximum absolute atomic E-state index is 9.35. The van der Waals surface area contributed by atoms with Crippen LogP contribution in [0.3, 0.4) is 0 Å². The molecule has 0 aliphatic heterocycles. The lowest BCUT2D eigenvalue weighted by Crippen LogP contribution is -1.93. The largest absolute Gasteiger partial charge is 0.485 e. The van der Waals surface area contributed by atoms with Crippen LogP contribution in [0.25, 0.3) is 0 Å². The van der Waals surface area contributed by atoms with Gasteiger partial charge < -0.3 is 15.9 Å². The smallest absolute Gasteiger partial charge is 0.344 e. The van der Waals surface area contributed by atoms with Gasteiger partial charge in [0.1, 0.15) is 0 Å². The summed E-state index contributed by atoms with van der Waals surface area (Å²) in [5.41, 5.74) is 0. The van der Waals surface area contributed by atoms with Crippen molar-refractivity contribution in [2.75, 3.05) is 0 Å². The number of hydrogen-bond acceptors (Lipinski definition) is 4. The normalized spacial score (nSPS) is 10.1. The highest BCUT2D eigenvalue weighted by atomic mass is 31.2. The van der Waals surface area contributed by atoms with E-state index in [-0.39, 0.29) is 6.15 Å². The lowest BCUT2D eigenvalue weighted by molar-refractivity contribution is 0.201. The predicted molar refractivity (Wildman–Crippen MR) is 22.3 cm³/mol. The number of rotatable bonds is 1. The highest BCUT2D eigenvalue weighted by molar-refractivity contribution is 7.46. The van der Waals surface area contributed by atoms with Gasteiger partial charge in [0.15, 0.2) is 0 Å². The Hall–Kier alpha value is 0.0300. The molecular weight excluding hydrogens is 123 g/mol. The van der Waals surface area contributed by atoms with Crippen LogP contribution in [0, 0.1) is 0 Å². The second-order valence-electron chi connectivity index (χ2n) is 0.596. The van der Waals surface area contributed by atoms with Crippen molar-refractivity contribution in [3.8, 4) is 0 Å². The van der Waals surface area contributed by atoms with E-state index >= 15 is 0 Å². The van der Waals surface area contributed by atoms with Gasteiger partial charge in [-0.1, -0.05) is 0 Å². The first kappa shape index (κ1) is 10.1. The number of phosphoric acid groups is 1. The summed E-state index contributed by atoms with van der Waals surface area (Å²) >= 11 is 0. The van der Waals surface area contributed by atoms with E-state index in [0.29, 0.717) is 0 Å². The molecule has 7 N–H and O–H groups in total. The molecule has 0 saturated carbocycles. The summed E-state index contributed by atoms with van der Waals surface area (Å²) in [5.74, 6) is 4.04. The standard InChI is InChI=1S/H4NO4P.H3N/c1-5-6(2,3)4;/h1H2,(H2,2,3,4);1H3. The Bertz CT molecular complexity index is 73.8. The zero-order valence-electron chi connectivity index (χ0n) is 3.44. The van der Waals surface area contributed by atoms with Crippen LogP contribution in [-0.4, -0.2) is 9.79 Å². The maximum atomic E-state index is 9.35. The Balaban J connectivity index is 0. The molecule has 0 spiro atoms. The van der Waals surface area contributed by atoms with Crippen molar-refractivity contribution in [2.24, 2.45) is 5.90 Å². The Morgan fingerprint density at radius 1 is 1.57 bits per heavy atom. The fourth-order valence-electron chi connectivity index (χ4n) is 0. The van der Waals surface area contributed by atoms with Gasteiger partial charge >= 0.3 is 7.82 Å². The third-order valence-corrected chi connectivity index (χ3v) is 0.412.